The summed E-state index contributed by atoms with van der Waals surface area (Å²) in [6.07, 6.45) is 2.61. The van der Waals surface area contributed by atoms with Gasteiger partial charge in [0.2, 0.25) is 0 Å². The summed E-state index contributed by atoms with van der Waals surface area (Å²) < 4.78 is 0. The summed E-state index contributed by atoms with van der Waals surface area (Å²) in [7, 11) is 0. The minimum atomic E-state index is -1.05. The van der Waals surface area contributed by atoms with Crippen molar-refractivity contribution >= 4 is 35.0 Å². The average Bonchev–Trinajstić information content (AvgIpc) is 2.40. The number of hydrogen-bond acceptors (Lipinski definition) is 5. The number of rotatable bonds is 4. The van der Waals surface area contributed by atoms with Gasteiger partial charge in [0.25, 0.3) is 0 Å². The maximum Gasteiger partial charge on any atom is 0.339 e. The molecule has 0 bridgehead atoms. The summed E-state index contributed by atoms with van der Waals surface area (Å²) in [6.45, 7) is 0. The molecule has 0 saturated heterocycles. The molecule has 0 saturated carbocycles. The summed E-state index contributed by atoms with van der Waals surface area (Å²) in [5.41, 5.74) is 6.83. The third-order valence-corrected chi connectivity index (χ3v) is 3.85. The highest BCUT2D eigenvalue weighted by atomic mass is 35.5. The van der Waals surface area contributed by atoms with Crippen LogP contribution in [0.25, 0.3) is 0 Å². The fourth-order valence-electron chi connectivity index (χ4n) is 1.43. The van der Waals surface area contributed by atoms with Crippen LogP contribution in [-0.4, -0.2) is 21.0 Å². The smallest absolute Gasteiger partial charge is 0.339 e. The third-order valence-electron chi connectivity index (χ3n) is 2.34. The highest BCUT2D eigenvalue weighted by Crippen LogP contribution is 2.31. The van der Waals surface area contributed by atoms with Gasteiger partial charge in [-0.3, -0.25) is 0 Å². The van der Waals surface area contributed by atoms with Crippen LogP contribution in [-0.2, 0) is 5.75 Å². The summed E-state index contributed by atoms with van der Waals surface area (Å²) >= 11 is 7.42. The Hall–Kier alpha value is -1.79. The number of carboxylic acid groups (broad SMARTS) is 1. The molecule has 3 N–H and O–H groups in total. The van der Waals surface area contributed by atoms with Crippen LogP contribution in [0.3, 0.4) is 0 Å². The number of aromatic nitrogens is 2. The fourth-order valence-corrected chi connectivity index (χ4v) is 2.65. The van der Waals surface area contributed by atoms with E-state index in [9.17, 15) is 4.79 Å². The summed E-state index contributed by atoms with van der Waals surface area (Å²) in [5, 5.41) is 9.60. The van der Waals surface area contributed by atoms with Gasteiger partial charge >= 0.3 is 5.97 Å². The third kappa shape index (κ3) is 3.36. The fraction of sp³-hybridized carbons (Fsp3) is 0.0833. The van der Waals surface area contributed by atoms with Gasteiger partial charge in [-0.2, -0.15) is 0 Å². The van der Waals surface area contributed by atoms with Crippen molar-refractivity contribution in [1.29, 1.82) is 0 Å². The van der Waals surface area contributed by atoms with Gasteiger partial charge in [0.1, 0.15) is 11.9 Å². The number of benzene rings is 1. The van der Waals surface area contributed by atoms with Gasteiger partial charge in [0.05, 0.1) is 10.7 Å². The van der Waals surface area contributed by atoms with Crippen LogP contribution in [0.5, 0.6) is 0 Å². The lowest BCUT2D eigenvalue weighted by atomic mass is 10.2. The molecule has 0 radical (unpaired) electrons. The van der Waals surface area contributed by atoms with Gasteiger partial charge in [-0.1, -0.05) is 11.6 Å². The molecule has 0 atom stereocenters. The van der Waals surface area contributed by atoms with Gasteiger partial charge in [0.15, 0.2) is 0 Å². The van der Waals surface area contributed by atoms with Crippen molar-refractivity contribution in [3.05, 3.63) is 47.0 Å². The average molecular weight is 296 g/mol. The second kappa shape index (κ2) is 5.90. The summed E-state index contributed by atoms with van der Waals surface area (Å²) in [5.74, 6) is -0.664. The van der Waals surface area contributed by atoms with Crippen LogP contribution < -0.4 is 5.73 Å². The van der Waals surface area contributed by atoms with Crippen LogP contribution in [0.2, 0.25) is 5.02 Å². The molecule has 1 aromatic carbocycles. The largest absolute Gasteiger partial charge is 0.478 e. The molecule has 7 heteroatoms. The van der Waals surface area contributed by atoms with Gasteiger partial charge in [-0.05, 0) is 18.2 Å². The second-order valence-corrected chi connectivity index (χ2v) is 5.09. The summed E-state index contributed by atoms with van der Waals surface area (Å²) in [4.78, 5) is 19.5. The van der Waals surface area contributed by atoms with Crippen molar-refractivity contribution in [2.24, 2.45) is 0 Å². The summed E-state index contributed by atoms with van der Waals surface area (Å²) in [6, 6.07) is 5.16. The molecule has 0 unspecified atom stereocenters. The Morgan fingerprint density at radius 2 is 2.26 bits per heavy atom. The Morgan fingerprint density at radius 1 is 1.47 bits per heavy atom. The van der Waals surface area contributed by atoms with Gasteiger partial charge in [-0.25, -0.2) is 14.8 Å². The first-order chi connectivity index (χ1) is 9.08. The Balaban J connectivity index is 2.19. The number of anilines is 1. The zero-order chi connectivity index (χ0) is 13.8. The lowest BCUT2D eigenvalue weighted by molar-refractivity contribution is 0.0695. The molecule has 2 rings (SSSR count). The molecule has 0 spiro atoms. The maximum absolute atomic E-state index is 11.0. The standard InChI is InChI=1S/C12H10ClN3O2S/c13-9-2-1-7(14)3-11(9)19-5-10-8(12(17)18)4-15-6-16-10/h1-4,6H,5,14H2,(H,17,18). The lowest BCUT2D eigenvalue weighted by Crippen LogP contribution is -2.04. The van der Waals surface area contributed by atoms with Gasteiger partial charge in [-0.15, -0.1) is 11.8 Å². The van der Waals surface area contributed by atoms with E-state index in [-0.39, 0.29) is 5.56 Å². The van der Waals surface area contributed by atoms with Crippen molar-refractivity contribution < 1.29 is 9.90 Å². The van der Waals surface area contributed by atoms with Crippen LogP contribution in [0, 0.1) is 0 Å². The number of hydrogen-bond donors (Lipinski definition) is 2. The molecule has 0 amide bonds. The van der Waals surface area contributed by atoms with E-state index in [1.807, 2.05) is 0 Å². The normalized spacial score (nSPS) is 10.4. The number of halogens is 1. The first kappa shape index (κ1) is 13.6. The Morgan fingerprint density at radius 3 is 3.00 bits per heavy atom. The van der Waals surface area contributed by atoms with Crippen molar-refractivity contribution in [3.63, 3.8) is 0 Å². The quantitative estimate of drug-likeness (QED) is 0.666. The molecule has 1 aromatic heterocycles. The monoisotopic (exact) mass is 295 g/mol. The molecule has 0 aliphatic heterocycles. The van der Waals surface area contributed by atoms with E-state index < -0.39 is 5.97 Å². The van der Waals surface area contributed by atoms with E-state index in [1.54, 1.807) is 18.2 Å². The van der Waals surface area contributed by atoms with Crippen molar-refractivity contribution in [2.75, 3.05) is 5.73 Å². The van der Waals surface area contributed by atoms with Gasteiger partial charge in [0, 0.05) is 22.5 Å². The van der Waals surface area contributed by atoms with Crippen LogP contribution in [0.1, 0.15) is 16.1 Å². The van der Waals surface area contributed by atoms with Crippen LogP contribution >= 0.6 is 23.4 Å². The molecule has 5 nitrogen and oxygen atoms in total. The number of nitrogens with two attached hydrogens (primary N) is 1. The molecule has 0 aliphatic carbocycles. The maximum atomic E-state index is 11.0. The zero-order valence-electron chi connectivity index (χ0n) is 9.71. The van der Waals surface area contributed by atoms with Crippen molar-refractivity contribution in [3.8, 4) is 0 Å². The first-order valence-electron chi connectivity index (χ1n) is 5.28. The number of carbonyl (C=O) groups is 1. The Labute approximate surface area is 118 Å². The van der Waals surface area contributed by atoms with E-state index in [2.05, 4.69) is 9.97 Å². The molecule has 2 aromatic rings. The molecule has 0 aliphatic rings. The minimum Gasteiger partial charge on any atom is -0.478 e. The molecular weight excluding hydrogens is 286 g/mol. The van der Waals surface area contributed by atoms with Crippen molar-refractivity contribution in [2.45, 2.75) is 10.6 Å². The van der Waals surface area contributed by atoms with E-state index in [1.165, 1.54) is 24.3 Å². The Kier molecular flexibility index (Phi) is 4.24. The number of carboxylic acids is 1. The zero-order valence-corrected chi connectivity index (χ0v) is 11.3. The first-order valence-corrected chi connectivity index (χ1v) is 6.64. The van der Waals surface area contributed by atoms with E-state index >= 15 is 0 Å². The van der Waals surface area contributed by atoms with Crippen LogP contribution in [0.15, 0.2) is 35.6 Å². The number of aromatic carboxylic acids is 1. The SMILES string of the molecule is Nc1ccc(Cl)c(SCc2ncncc2C(=O)O)c1. The molecule has 19 heavy (non-hydrogen) atoms. The molecule has 1 heterocycles. The van der Waals surface area contributed by atoms with E-state index in [0.29, 0.717) is 22.2 Å². The van der Waals surface area contributed by atoms with Gasteiger partial charge < -0.3 is 10.8 Å². The lowest BCUT2D eigenvalue weighted by Gasteiger charge is -2.06. The molecular formula is C12H10ClN3O2S. The molecule has 0 fully saturated rings. The van der Waals surface area contributed by atoms with E-state index in [0.717, 1.165) is 4.90 Å². The molecule has 98 valence electrons. The van der Waals surface area contributed by atoms with Crippen molar-refractivity contribution in [1.82, 2.24) is 9.97 Å². The number of thioether (sulfide) groups is 1. The second-order valence-electron chi connectivity index (χ2n) is 3.67. The predicted octanol–water partition coefficient (Wildman–Crippen LogP) is 2.70. The van der Waals surface area contributed by atoms with Crippen LogP contribution in [0.4, 0.5) is 5.69 Å². The highest BCUT2D eigenvalue weighted by molar-refractivity contribution is 7.98. The predicted molar refractivity (Wildman–Crippen MR) is 74.4 cm³/mol. The topological polar surface area (TPSA) is 89.1 Å². The number of nitrogen functional groups attached to an aromatic ring is 1. The van der Waals surface area contributed by atoms with E-state index in [4.69, 9.17) is 22.4 Å². The Bertz CT molecular complexity index is 622. The number of nitrogens with zero attached hydrogens (tertiary/aromatic N) is 2. The minimum absolute atomic E-state index is 0.0926. The highest BCUT2D eigenvalue weighted by Gasteiger charge is 2.12.